The second kappa shape index (κ2) is 14.2. The fourth-order valence-corrected chi connectivity index (χ4v) is 5.18. The van der Waals surface area contributed by atoms with Crippen molar-refractivity contribution >= 4 is 17.5 Å². The largest absolute Gasteiger partial charge is 0.494 e. The predicted molar refractivity (Wildman–Crippen MR) is 171 cm³/mol. The van der Waals surface area contributed by atoms with E-state index >= 15 is 0 Å². The summed E-state index contributed by atoms with van der Waals surface area (Å²) >= 11 is 0. The average molecular weight is 588 g/mol. The first-order valence-corrected chi connectivity index (χ1v) is 14.4. The van der Waals surface area contributed by atoms with Crippen molar-refractivity contribution in [1.29, 1.82) is 0 Å². The smallest absolute Gasteiger partial charge is 0.252 e. The number of hydrogen-bond acceptors (Lipinski definition) is 6. The molecule has 0 saturated heterocycles. The Bertz CT molecular complexity index is 1670. The zero-order chi connectivity index (χ0) is 30.8. The summed E-state index contributed by atoms with van der Waals surface area (Å²) in [5.41, 5.74) is 12.4. The third kappa shape index (κ3) is 6.65. The minimum Gasteiger partial charge on any atom is -0.494 e. The van der Waals surface area contributed by atoms with Gasteiger partial charge >= 0.3 is 0 Å². The molecule has 4 aromatic rings. The van der Waals surface area contributed by atoms with Gasteiger partial charge in [0.25, 0.3) is 5.91 Å². The Balaban J connectivity index is 1.60. The number of aliphatic imine (C=N–C) groups is 1. The van der Waals surface area contributed by atoms with E-state index in [0.717, 1.165) is 16.7 Å². The first-order valence-electron chi connectivity index (χ1n) is 14.4. The van der Waals surface area contributed by atoms with E-state index < -0.39 is 11.6 Å². The monoisotopic (exact) mass is 587 g/mol. The molecular weight excluding hydrogens is 554 g/mol. The number of benzene rings is 4. The third-order valence-corrected chi connectivity index (χ3v) is 7.36. The highest BCUT2D eigenvalue weighted by Crippen LogP contribution is 2.44. The molecule has 44 heavy (non-hydrogen) atoms. The number of nitrogens with one attached hydrogen (secondary N) is 1. The molecule has 0 saturated carbocycles. The second-order valence-corrected chi connectivity index (χ2v) is 10.3. The van der Waals surface area contributed by atoms with Gasteiger partial charge in [0.2, 0.25) is 5.90 Å². The molecule has 0 radical (unpaired) electrons. The highest BCUT2D eigenvalue weighted by atomic mass is 16.5. The van der Waals surface area contributed by atoms with Gasteiger partial charge in [-0.3, -0.25) is 4.79 Å². The standard InChI is InChI=1S/C35H33N5O4/c1-2-21-37-34(42)35(24-29-11-6-7-12-31(29)39-40-36)32(27-15-13-26(14-16-27)25-9-4-3-5-10-25)44-33(38-35)28-17-19-30(20-18-28)43-23-8-22-41/h2-7,9-20,32,41H,1,8,21-24H2,(H,37,42)/t32-,35-/m1/s1. The summed E-state index contributed by atoms with van der Waals surface area (Å²) in [6.07, 6.45) is 1.45. The summed E-state index contributed by atoms with van der Waals surface area (Å²) in [4.78, 5) is 22.2. The van der Waals surface area contributed by atoms with Crippen LogP contribution in [0.2, 0.25) is 0 Å². The lowest BCUT2D eigenvalue weighted by Crippen LogP contribution is -2.50. The molecular formula is C35H33N5O4. The van der Waals surface area contributed by atoms with Crippen LogP contribution in [0.3, 0.4) is 0 Å². The first kappa shape index (κ1) is 30.1. The van der Waals surface area contributed by atoms with E-state index in [1.807, 2.05) is 78.9 Å². The van der Waals surface area contributed by atoms with Crippen LogP contribution in [0.4, 0.5) is 5.69 Å². The van der Waals surface area contributed by atoms with Crippen LogP contribution in [0.15, 0.2) is 126 Å². The second-order valence-electron chi connectivity index (χ2n) is 10.3. The molecule has 1 amide bonds. The van der Waals surface area contributed by atoms with E-state index in [4.69, 9.17) is 19.6 Å². The number of nitrogens with zero attached hydrogens (tertiary/aromatic N) is 4. The third-order valence-electron chi connectivity index (χ3n) is 7.36. The molecule has 5 rings (SSSR count). The van der Waals surface area contributed by atoms with E-state index in [2.05, 4.69) is 21.9 Å². The molecule has 0 aliphatic carbocycles. The maximum absolute atomic E-state index is 14.2. The van der Waals surface area contributed by atoms with E-state index in [1.54, 1.807) is 30.3 Å². The van der Waals surface area contributed by atoms with Crippen LogP contribution in [-0.4, -0.2) is 42.2 Å². The summed E-state index contributed by atoms with van der Waals surface area (Å²) in [5.74, 6) is 0.607. The Kier molecular flexibility index (Phi) is 9.71. The van der Waals surface area contributed by atoms with Crippen molar-refractivity contribution < 1.29 is 19.4 Å². The molecule has 2 atom stereocenters. The molecule has 0 aromatic heterocycles. The Morgan fingerprint density at radius 2 is 1.68 bits per heavy atom. The highest BCUT2D eigenvalue weighted by molar-refractivity contribution is 6.01. The average Bonchev–Trinajstić information content (AvgIpc) is 3.46. The fourth-order valence-electron chi connectivity index (χ4n) is 5.18. The van der Waals surface area contributed by atoms with Crippen molar-refractivity contribution in [2.45, 2.75) is 24.5 Å². The fraction of sp³-hybridized carbons (Fsp3) is 0.200. The number of hydrogen-bond donors (Lipinski definition) is 2. The van der Waals surface area contributed by atoms with Gasteiger partial charge in [0.15, 0.2) is 11.6 Å². The highest BCUT2D eigenvalue weighted by Gasteiger charge is 2.53. The minimum atomic E-state index is -1.44. The number of carbonyl (C=O) groups excluding carboxylic acids is 1. The maximum atomic E-state index is 14.2. The summed E-state index contributed by atoms with van der Waals surface area (Å²) in [5, 5.41) is 15.9. The van der Waals surface area contributed by atoms with Gasteiger partial charge in [0.05, 0.1) is 6.61 Å². The molecule has 1 aliphatic rings. The maximum Gasteiger partial charge on any atom is 0.252 e. The molecule has 1 heterocycles. The number of amides is 1. The molecule has 9 nitrogen and oxygen atoms in total. The van der Waals surface area contributed by atoms with Gasteiger partial charge in [-0.1, -0.05) is 90.1 Å². The molecule has 0 spiro atoms. The van der Waals surface area contributed by atoms with Gasteiger partial charge in [-0.05, 0) is 52.1 Å². The number of aliphatic hydroxyl groups is 1. The normalized spacial score (nSPS) is 17.1. The molecule has 0 fully saturated rings. The SMILES string of the molecule is C=CCNC(=O)[C@]1(Cc2ccccc2N=[N+]=[N-])N=C(c2ccc(OCCCO)cc2)O[C@@H]1c1ccc(-c2ccccc2)cc1. The van der Waals surface area contributed by atoms with E-state index in [-0.39, 0.29) is 25.5 Å². The van der Waals surface area contributed by atoms with Crippen molar-refractivity contribution in [3.8, 4) is 16.9 Å². The number of carbonyl (C=O) groups is 1. The molecule has 4 aromatic carbocycles. The van der Waals surface area contributed by atoms with Gasteiger partial charge in [-0.25, -0.2) is 4.99 Å². The van der Waals surface area contributed by atoms with Crippen LogP contribution in [0.25, 0.3) is 21.6 Å². The molecule has 222 valence electrons. The Hall–Kier alpha value is -5.37. The lowest BCUT2D eigenvalue weighted by molar-refractivity contribution is -0.128. The Labute approximate surface area is 256 Å². The summed E-state index contributed by atoms with van der Waals surface area (Å²) < 4.78 is 12.3. The summed E-state index contributed by atoms with van der Waals surface area (Å²) in [6.45, 7) is 4.44. The van der Waals surface area contributed by atoms with Crippen molar-refractivity contribution in [3.63, 3.8) is 0 Å². The lowest BCUT2D eigenvalue weighted by atomic mass is 9.81. The number of ether oxygens (including phenoxy) is 2. The van der Waals surface area contributed by atoms with Crippen LogP contribution in [-0.2, 0) is 16.0 Å². The van der Waals surface area contributed by atoms with Crippen molar-refractivity contribution in [1.82, 2.24) is 5.32 Å². The van der Waals surface area contributed by atoms with Gasteiger partial charge in [-0.15, -0.1) is 6.58 Å². The number of rotatable bonds is 13. The minimum absolute atomic E-state index is 0.0508. The van der Waals surface area contributed by atoms with Crippen LogP contribution < -0.4 is 10.1 Å². The van der Waals surface area contributed by atoms with E-state index in [0.29, 0.717) is 41.5 Å². The summed E-state index contributed by atoms with van der Waals surface area (Å²) in [7, 11) is 0. The van der Waals surface area contributed by atoms with E-state index in [1.165, 1.54) is 0 Å². The molecule has 1 aliphatic heterocycles. The first-order chi connectivity index (χ1) is 21.6. The zero-order valence-electron chi connectivity index (χ0n) is 24.2. The van der Waals surface area contributed by atoms with Crippen molar-refractivity contribution in [2.75, 3.05) is 19.8 Å². The van der Waals surface area contributed by atoms with E-state index in [9.17, 15) is 10.3 Å². The van der Waals surface area contributed by atoms with Crippen molar-refractivity contribution in [2.24, 2.45) is 10.1 Å². The van der Waals surface area contributed by atoms with Crippen LogP contribution in [0.1, 0.15) is 29.2 Å². The zero-order valence-corrected chi connectivity index (χ0v) is 24.2. The molecule has 0 unspecified atom stereocenters. The van der Waals surface area contributed by atoms with Crippen molar-refractivity contribution in [3.05, 3.63) is 143 Å². The Morgan fingerprint density at radius 1 is 1.00 bits per heavy atom. The molecule has 2 N–H and O–H groups in total. The predicted octanol–water partition coefficient (Wildman–Crippen LogP) is 6.86. The van der Waals surface area contributed by atoms with Gasteiger partial charge in [0.1, 0.15) is 5.75 Å². The number of aliphatic hydroxyl groups excluding tert-OH is 1. The molecule has 9 heteroatoms. The number of azide groups is 1. The van der Waals surface area contributed by atoms with Crippen LogP contribution >= 0.6 is 0 Å². The van der Waals surface area contributed by atoms with Gasteiger partial charge < -0.3 is 19.9 Å². The van der Waals surface area contributed by atoms with Crippen LogP contribution in [0, 0.1) is 0 Å². The quantitative estimate of drug-likeness (QED) is 0.0582. The molecule has 0 bridgehead atoms. The van der Waals surface area contributed by atoms with Crippen LogP contribution in [0.5, 0.6) is 5.75 Å². The van der Waals surface area contributed by atoms with Gasteiger partial charge in [0, 0.05) is 42.2 Å². The summed E-state index contributed by atoms with van der Waals surface area (Å²) in [6, 6.07) is 32.4. The Morgan fingerprint density at radius 3 is 2.39 bits per heavy atom. The lowest BCUT2D eigenvalue weighted by Gasteiger charge is -2.31. The van der Waals surface area contributed by atoms with Gasteiger partial charge in [-0.2, -0.15) is 0 Å². The topological polar surface area (TPSA) is 129 Å².